The van der Waals surface area contributed by atoms with Crippen LogP contribution in [0.2, 0.25) is 5.02 Å². The lowest BCUT2D eigenvalue weighted by atomic mass is 10.1. The molecule has 3 aromatic heterocycles. The van der Waals surface area contributed by atoms with Gasteiger partial charge in [-0.3, -0.25) is 4.40 Å². The van der Waals surface area contributed by atoms with Crippen LogP contribution in [0.3, 0.4) is 0 Å². The van der Waals surface area contributed by atoms with Gasteiger partial charge in [0.2, 0.25) is 5.78 Å². The maximum absolute atomic E-state index is 12.7. The topological polar surface area (TPSA) is 75.7 Å². The molecule has 0 bridgehead atoms. The van der Waals surface area contributed by atoms with Gasteiger partial charge in [0.25, 0.3) is 0 Å². The maximum atomic E-state index is 12.7. The molecule has 1 N–H and O–H groups in total. The highest BCUT2D eigenvalue weighted by Crippen LogP contribution is 2.26. The lowest BCUT2D eigenvalue weighted by Gasteiger charge is -2.37. The largest absolute Gasteiger partial charge is 0.422 e. The van der Waals surface area contributed by atoms with Gasteiger partial charge in [0, 0.05) is 54.7 Å². The molecular weight excluding hydrogens is 390 g/mol. The van der Waals surface area contributed by atoms with Crippen LogP contribution in [0, 0.1) is 0 Å². The number of nitrogens with zero attached hydrogens (tertiary/aromatic N) is 4. The number of piperazine rings is 1. The number of rotatable bonds is 2. The molecule has 1 aromatic carbocycles. The van der Waals surface area contributed by atoms with E-state index < -0.39 is 5.63 Å². The third kappa shape index (κ3) is 3.36. The summed E-state index contributed by atoms with van der Waals surface area (Å²) in [6, 6.07) is 8.62. The smallest absolute Gasteiger partial charge is 0.345 e. The molecule has 2 unspecified atom stereocenters. The molecule has 0 amide bonds. The van der Waals surface area contributed by atoms with E-state index in [1.54, 1.807) is 16.8 Å². The minimum atomic E-state index is -0.425. The summed E-state index contributed by atoms with van der Waals surface area (Å²) in [6.07, 6.45) is 4.95. The normalized spacial score (nSPS) is 19.9. The Balaban J connectivity index is 1.55. The Bertz CT molecular complexity index is 1270. The van der Waals surface area contributed by atoms with Gasteiger partial charge in [0.05, 0.1) is 22.5 Å². The quantitative estimate of drug-likeness (QED) is 0.512. The van der Waals surface area contributed by atoms with Gasteiger partial charge in [-0.1, -0.05) is 11.6 Å². The third-order valence-corrected chi connectivity index (χ3v) is 5.39. The average Bonchev–Trinajstić information content (AvgIpc) is 3.09. The van der Waals surface area contributed by atoms with Crippen molar-refractivity contribution in [1.29, 1.82) is 0 Å². The monoisotopic (exact) mass is 409 g/mol. The maximum Gasteiger partial charge on any atom is 0.345 e. The van der Waals surface area contributed by atoms with Crippen LogP contribution in [-0.4, -0.2) is 39.5 Å². The summed E-state index contributed by atoms with van der Waals surface area (Å²) < 4.78 is 7.35. The molecule has 0 spiro atoms. The van der Waals surface area contributed by atoms with Crippen LogP contribution in [-0.2, 0) is 0 Å². The van der Waals surface area contributed by atoms with E-state index in [9.17, 15) is 4.79 Å². The van der Waals surface area contributed by atoms with Crippen LogP contribution in [0.25, 0.3) is 28.0 Å². The van der Waals surface area contributed by atoms with Crippen molar-refractivity contribution in [3.05, 3.63) is 58.3 Å². The van der Waals surface area contributed by atoms with Crippen LogP contribution < -0.4 is 15.8 Å². The summed E-state index contributed by atoms with van der Waals surface area (Å²) in [6.45, 7) is 6.17. The third-order valence-electron chi connectivity index (χ3n) is 5.20. The summed E-state index contributed by atoms with van der Waals surface area (Å²) in [5, 5.41) is 4.87. The van der Waals surface area contributed by atoms with Crippen molar-refractivity contribution in [2.75, 3.05) is 18.0 Å². The Labute approximate surface area is 171 Å². The second-order valence-corrected chi connectivity index (χ2v) is 8.09. The van der Waals surface area contributed by atoms with Crippen molar-refractivity contribution in [3.63, 3.8) is 0 Å². The van der Waals surface area contributed by atoms with Crippen molar-refractivity contribution in [2.45, 2.75) is 25.9 Å². The Hall–Kier alpha value is -2.90. The lowest BCUT2D eigenvalue weighted by molar-refractivity contribution is 0.407. The molecule has 1 aliphatic heterocycles. The zero-order valence-electron chi connectivity index (χ0n) is 16.1. The average molecular weight is 410 g/mol. The van der Waals surface area contributed by atoms with Gasteiger partial charge < -0.3 is 14.6 Å². The highest BCUT2D eigenvalue weighted by Gasteiger charge is 2.21. The highest BCUT2D eigenvalue weighted by atomic mass is 35.5. The Morgan fingerprint density at radius 1 is 1.17 bits per heavy atom. The fourth-order valence-corrected chi connectivity index (χ4v) is 4.16. The van der Waals surface area contributed by atoms with E-state index in [2.05, 4.69) is 40.1 Å². The minimum absolute atomic E-state index is 0.399. The number of fused-ring (bicyclic) bond motifs is 2. The number of halogens is 1. The van der Waals surface area contributed by atoms with E-state index >= 15 is 0 Å². The van der Waals surface area contributed by atoms with Crippen molar-refractivity contribution in [3.8, 4) is 11.3 Å². The SMILES string of the molecule is CC1CN(c2ccc3cc(-c4cn5cc(Cl)cnc5n4)c(=O)oc3c2)CC(C)N1. The molecular formula is C21H20ClN5O2. The molecule has 0 aliphatic carbocycles. The van der Waals surface area contributed by atoms with Crippen LogP contribution in [0.15, 0.2) is 52.1 Å². The molecule has 7 nitrogen and oxygen atoms in total. The van der Waals surface area contributed by atoms with Crippen molar-refractivity contribution in [2.24, 2.45) is 0 Å². The van der Waals surface area contributed by atoms with Crippen molar-refractivity contribution >= 4 is 34.0 Å². The van der Waals surface area contributed by atoms with E-state index in [1.807, 2.05) is 18.2 Å². The Morgan fingerprint density at radius 2 is 1.97 bits per heavy atom. The Morgan fingerprint density at radius 3 is 2.76 bits per heavy atom. The standard InChI is InChI=1S/C21H20ClN5O2/c1-12-8-26(9-13(2)24-12)16-4-3-14-5-17(20(28)29-19(14)6-16)18-11-27-10-15(22)7-23-21(27)25-18/h3-7,10-13,24H,8-9H2,1-2H3. The van der Waals surface area contributed by atoms with Gasteiger partial charge in [-0.05, 0) is 32.0 Å². The van der Waals surface area contributed by atoms with E-state index in [4.69, 9.17) is 16.0 Å². The summed E-state index contributed by atoms with van der Waals surface area (Å²) in [5.41, 5.74) is 2.10. The van der Waals surface area contributed by atoms with Crippen LogP contribution in [0.1, 0.15) is 13.8 Å². The van der Waals surface area contributed by atoms with Gasteiger partial charge in [-0.25, -0.2) is 14.8 Å². The van der Waals surface area contributed by atoms with E-state index in [0.29, 0.717) is 39.7 Å². The highest BCUT2D eigenvalue weighted by molar-refractivity contribution is 6.30. The van der Waals surface area contributed by atoms with Crippen LogP contribution in [0.4, 0.5) is 5.69 Å². The first kappa shape index (κ1) is 18.1. The zero-order chi connectivity index (χ0) is 20.1. The first-order valence-corrected chi connectivity index (χ1v) is 9.93. The second-order valence-electron chi connectivity index (χ2n) is 7.65. The van der Waals surface area contributed by atoms with Crippen LogP contribution >= 0.6 is 11.6 Å². The van der Waals surface area contributed by atoms with Crippen LogP contribution in [0.5, 0.6) is 0 Å². The van der Waals surface area contributed by atoms with E-state index in [-0.39, 0.29) is 0 Å². The lowest BCUT2D eigenvalue weighted by Crippen LogP contribution is -2.54. The molecule has 1 fully saturated rings. The van der Waals surface area contributed by atoms with Crippen molar-refractivity contribution in [1.82, 2.24) is 19.7 Å². The molecule has 0 saturated carbocycles. The van der Waals surface area contributed by atoms with Gasteiger partial charge in [-0.2, -0.15) is 0 Å². The number of hydrogen-bond acceptors (Lipinski definition) is 6. The minimum Gasteiger partial charge on any atom is -0.422 e. The molecule has 5 rings (SSSR count). The molecule has 29 heavy (non-hydrogen) atoms. The molecule has 2 atom stereocenters. The molecule has 1 saturated heterocycles. The Kier molecular flexibility index (Phi) is 4.29. The number of benzene rings is 1. The first-order chi connectivity index (χ1) is 14.0. The number of imidazole rings is 1. The zero-order valence-corrected chi connectivity index (χ0v) is 16.8. The second kappa shape index (κ2) is 6.86. The fourth-order valence-electron chi connectivity index (χ4n) is 4.00. The number of aromatic nitrogens is 3. The summed E-state index contributed by atoms with van der Waals surface area (Å²) >= 11 is 5.98. The molecule has 4 aromatic rings. The molecule has 148 valence electrons. The summed E-state index contributed by atoms with van der Waals surface area (Å²) in [4.78, 5) is 23.6. The number of nitrogens with one attached hydrogen (secondary N) is 1. The molecule has 4 heterocycles. The molecule has 1 aliphatic rings. The number of hydrogen-bond donors (Lipinski definition) is 1. The molecule has 0 radical (unpaired) electrons. The van der Waals surface area contributed by atoms with Gasteiger partial charge in [0.15, 0.2) is 0 Å². The van der Waals surface area contributed by atoms with Gasteiger partial charge in [0.1, 0.15) is 5.58 Å². The summed E-state index contributed by atoms with van der Waals surface area (Å²) in [7, 11) is 0. The first-order valence-electron chi connectivity index (χ1n) is 9.56. The predicted molar refractivity (Wildman–Crippen MR) is 114 cm³/mol. The van der Waals surface area contributed by atoms with E-state index in [0.717, 1.165) is 24.2 Å². The van der Waals surface area contributed by atoms with Crippen molar-refractivity contribution < 1.29 is 4.42 Å². The van der Waals surface area contributed by atoms with E-state index in [1.165, 1.54) is 6.20 Å². The predicted octanol–water partition coefficient (Wildman–Crippen LogP) is 3.34. The number of anilines is 1. The fraction of sp³-hybridized carbons (Fsp3) is 0.286. The van der Waals surface area contributed by atoms with Gasteiger partial charge in [-0.15, -0.1) is 0 Å². The molecule has 8 heteroatoms. The van der Waals surface area contributed by atoms with Gasteiger partial charge >= 0.3 is 5.63 Å². The summed E-state index contributed by atoms with van der Waals surface area (Å²) in [5.74, 6) is 0.473.